The van der Waals surface area contributed by atoms with E-state index in [1.165, 1.54) is 11.3 Å². The fourth-order valence-electron chi connectivity index (χ4n) is 4.40. The van der Waals surface area contributed by atoms with Crippen LogP contribution in [0, 0.1) is 6.92 Å². The molecule has 0 saturated heterocycles. The zero-order valence-corrected chi connectivity index (χ0v) is 20.7. The van der Waals surface area contributed by atoms with Crippen molar-refractivity contribution in [2.24, 2.45) is 0 Å². The van der Waals surface area contributed by atoms with Crippen LogP contribution < -0.4 is 9.47 Å². The molecule has 0 unspecified atom stereocenters. The lowest BCUT2D eigenvalue weighted by molar-refractivity contribution is -0.136. The summed E-state index contributed by atoms with van der Waals surface area (Å²) in [4.78, 5) is 16.9. The van der Waals surface area contributed by atoms with Crippen molar-refractivity contribution in [1.29, 1.82) is 0 Å². The lowest BCUT2D eigenvalue weighted by Crippen LogP contribution is -2.29. The van der Waals surface area contributed by atoms with E-state index in [0.717, 1.165) is 54.0 Å². The highest BCUT2D eigenvalue weighted by Gasteiger charge is 2.30. The van der Waals surface area contributed by atoms with Gasteiger partial charge in [0.15, 0.2) is 0 Å². The van der Waals surface area contributed by atoms with Gasteiger partial charge in [-0.2, -0.15) is 0 Å². The van der Waals surface area contributed by atoms with Gasteiger partial charge < -0.3 is 24.4 Å². The molecule has 1 aliphatic rings. The lowest BCUT2D eigenvalue weighted by atomic mass is 9.99. The zero-order valence-electron chi connectivity index (χ0n) is 19.9. The maximum absolute atomic E-state index is 11.4. The number of nitrogens with zero attached hydrogens (tertiary/aromatic N) is 1. The van der Waals surface area contributed by atoms with Gasteiger partial charge in [-0.05, 0) is 43.9 Å². The summed E-state index contributed by atoms with van der Waals surface area (Å²) in [5, 5.41) is 21.5. The van der Waals surface area contributed by atoms with Gasteiger partial charge in [-0.15, -0.1) is 11.3 Å². The summed E-state index contributed by atoms with van der Waals surface area (Å²) in [6, 6.07) is 3.65. The molecule has 0 bridgehead atoms. The van der Waals surface area contributed by atoms with Crippen LogP contribution in [0.5, 0.6) is 11.5 Å². The zero-order chi connectivity index (χ0) is 24.0. The molecule has 33 heavy (non-hydrogen) atoms. The van der Waals surface area contributed by atoms with E-state index in [2.05, 4.69) is 11.9 Å². The van der Waals surface area contributed by atoms with Crippen LogP contribution in [-0.2, 0) is 28.8 Å². The third-order valence-electron chi connectivity index (χ3n) is 6.13. The SMILES string of the molecule is CCCc1sc(C[C@H](OC2CCCC2)[C@H](O)c2cc(OC)c(C)c(OC)c2)nc1CC(=O)O. The van der Waals surface area contributed by atoms with Crippen LogP contribution in [0.4, 0.5) is 0 Å². The standard InChI is InChI=1S/C25H35NO6S/c1-5-8-22-18(13-24(27)28)26-23(33-22)14-21(32-17-9-6-7-10-17)25(29)16-11-19(30-3)15(2)20(12-16)31-4/h11-12,17,21,25,29H,5-10,13-14H2,1-4H3,(H,27,28)/t21-,25+/m0/s1. The van der Waals surface area contributed by atoms with Gasteiger partial charge in [-0.3, -0.25) is 4.79 Å². The first kappa shape index (κ1) is 25.5. The Kier molecular flexibility index (Phi) is 9.11. The number of methoxy groups -OCH3 is 2. The van der Waals surface area contributed by atoms with Gasteiger partial charge in [-0.1, -0.05) is 26.2 Å². The van der Waals surface area contributed by atoms with Gasteiger partial charge in [0.05, 0.1) is 43.5 Å². The van der Waals surface area contributed by atoms with Gasteiger partial charge in [0.1, 0.15) is 17.6 Å². The minimum Gasteiger partial charge on any atom is -0.496 e. The first-order valence-electron chi connectivity index (χ1n) is 11.6. The van der Waals surface area contributed by atoms with Crippen LogP contribution in [0.15, 0.2) is 12.1 Å². The number of aliphatic hydroxyl groups excluding tert-OH is 1. The Hall–Kier alpha value is -2.16. The van der Waals surface area contributed by atoms with Crippen LogP contribution in [-0.4, -0.2) is 47.6 Å². The predicted octanol–water partition coefficient (Wildman–Crippen LogP) is 4.65. The predicted molar refractivity (Wildman–Crippen MR) is 128 cm³/mol. The minimum atomic E-state index is -0.907. The molecule has 1 aromatic heterocycles. The van der Waals surface area contributed by atoms with Gasteiger partial charge >= 0.3 is 5.97 Å². The van der Waals surface area contributed by atoms with Crippen molar-refractivity contribution in [2.45, 2.75) is 83.5 Å². The van der Waals surface area contributed by atoms with Gasteiger partial charge in [-0.25, -0.2) is 4.98 Å². The van der Waals surface area contributed by atoms with E-state index in [4.69, 9.17) is 14.2 Å². The third kappa shape index (κ3) is 6.46. The van der Waals surface area contributed by atoms with Crippen LogP contribution in [0.3, 0.4) is 0 Å². The third-order valence-corrected chi connectivity index (χ3v) is 7.31. The molecule has 8 heteroatoms. The summed E-state index contributed by atoms with van der Waals surface area (Å²) in [5.74, 6) is 0.402. The molecule has 2 aromatic rings. The number of carboxylic acid groups (broad SMARTS) is 1. The second-order valence-corrected chi connectivity index (χ2v) is 9.75. The first-order chi connectivity index (χ1) is 15.9. The molecule has 1 aromatic carbocycles. The Morgan fingerprint density at radius 2 is 1.85 bits per heavy atom. The molecule has 3 rings (SSSR count). The number of aryl methyl sites for hydroxylation is 1. The normalized spacial score (nSPS) is 16.0. The van der Waals surface area contributed by atoms with Crippen molar-refractivity contribution in [2.75, 3.05) is 14.2 Å². The van der Waals surface area contributed by atoms with Crippen molar-refractivity contribution in [3.05, 3.63) is 38.8 Å². The largest absolute Gasteiger partial charge is 0.496 e. The smallest absolute Gasteiger partial charge is 0.309 e. The number of ether oxygens (including phenoxy) is 3. The highest BCUT2D eigenvalue weighted by atomic mass is 32.1. The molecular formula is C25H35NO6S. The van der Waals surface area contributed by atoms with E-state index >= 15 is 0 Å². The number of hydrogen-bond acceptors (Lipinski definition) is 7. The number of rotatable bonds is 12. The molecule has 1 saturated carbocycles. The molecule has 2 N–H and O–H groups in total. The minimum absolute atomic E-state index is 0.0884. The van der Waals surface area contributed by atoms with E-state index in [1.807, 2.05) is 19.1 Å². The summed E-state index contributed by atoms with van der Waals surface area (Å²) in [5.41, 5.74) is 2.15. The Bertz CT molecular complexity index is 912. The Morgan fingerprint density at radius 3 is 2.39 bits per heavy atom. The van der Waals surface area contributed by atoms with E-state index in [1.54, 1.807) is 14.2 Å². The monoisotopic (exact) mass is 477 g/mol. The van der Waals surface area contributed by atoms with Crippen LogP contribution in [0.25, 0.3) is 0 Å². The quantitative estimate of drug-likeness (QED) is 0.459. The van der Waals surface area contributed by atoms with E-state index in [-0.39, 0.29) is 12.5 Å². The summed E-state index contributed by atoms with van der Waals surface area (Å²) >= 11 is 1.53. The van der Waals surface area contributed by atoms with E-state index in [9.17, 15) is 15.0 Å². The van der Waals surface area contributed by atoms with Crippen LogP contribution in [0.2, 0.25) is 0 Å². The molecule has 0 aliphatic heterocycles. The number of hydrogen-bond donors (Lipinski definition) is 2. The maximum atomic E-state index is 11.4. The molecule has 1 fully saturated rings. The average molecular weight is 478 g/mol. The highest BCUT2D eigenvalue weighted by molar-refractivity contribution is 7.11. The van der Waals surface area contributed by atoms with E-state index in [0.29, 0.717) is 29.2 Å². The van der Waals surface area contributed by atoms with Crippen molar-refractivity contribution < 1.29 is 29.2 Å². The summed E-state index contributed by atoms with van der Waals surface area (Å²) in [6.45, 7) is 3.98. The molecule has 0 radical (unpaired) electrons. The number of aromatic nitrogens is 1. The topological polar surface area (TPSA) is 98.1 Å². The number of benzene rings is 1. The molecule has 7 nitrogen and oxygen atoms in total. The van der Waals surface area contributed by atoms with Gasteiger partial charge in [0, 0.05) is 16.9 Å². The van der Waals surface area contributed by atoms with Gasteiger partial charge in [0.25, 0.3) is 0 Å². The Balaban J connectivity index is 1.91. The van der Waals surface area contributed by atoms with Crippen molar-refractivity contribution in [3.63, 3.8) is 0 Å². The second kappa shape index (κ2) is 11.8. The fraction of sp³-hybridized carbons (Fsp3) is 0.600. The molecule has 182 valence electrons. The number of carbonyl (C=O) groups is 1. The number of thiazole rings is 1. The van der Waals surface area contributed by atoms with Crippen LogP contribution in [0.1, 0.15) is 71.8 Å². The molecule has 2 atom stereocenters. The first-order valence-corrected chi connectivity index (χ1v) is 12.4. The second-order valence-electron chi connectivity index (χ2n) is 8.58. The Labute approximate surface area is 199 Å². The van der Waals surface area contributed by atoms with Gasteiger partial charge in [0.2, 0.25) is 0 Å². The van der Waals surface area contributed by atoms with Crippen molar-refractivity contribution in [1.82, 2.24) is 4.98 Å². The molecular weight excluding hydrogens is 442 g/mol. The number of carboxylic acids is 1. The van der Waals surface area contributed by atoms with Crippen molar-refractivity contribution in [3.8, 4) is 11.5 Å². The lowest BCUT2D eigenvalue weighted by Gasteiger charge is -2.27. The molecule has 0 spiro atoms. The summed E-state index contributed by atoms with van der Waals surface area (Å²) in [6.07, 6.45) is 4.93. The maximum Gasteiger partial charge on any atom is 0.309 e. The Morgan fingerprint density at radius 1 is 1.21 bits per heavy atom. The van der Waals surface area contributed by atoms with E-state index < -0.39 is 18.2 Å². The highest BCUT2D eigenvalue weighted by Crippen LogP contribution is 2.36. The van der Waals surface area contributed by atoms with Crippen LogP contribution >= 0.6 is 11.3 Å². The summed E-state index contributed by atoms with van der Waals surface area (Å²) in [7, 11) is 3.19. The average Bonchev–Trinajstić information content (AvgIpc) is 3.43. The van der Waals surface area contributed by atoms with Crippen molar-refractivity contribution >= 4 is 17.3 Å². The molecule has 1 aliphatic carbocycles. The molecule has 1 heterocycles. The fourth-order valence-corrected chi connectivity index (χ4v) is 5.63. The molecule has 0 amide bonds. The number of aliphatic carboxylic acids is 1. The summed E-state index contributed by atoms with van der Waals surface area (Å²) < 4.78 is 17.4. The number of aliphatic hydroxyl groups is 1.